The lowest BCUT2D eigenvalue weighted by Crippen LogP contribution is -2.31. The Balaban J connectivity index is 2.02. The molecule has 0 saturated heterocycles. The van der Waals surface area contributed by atoms with Crippen LogP contribution in [0.15, 0.2) is 18.2 Å². The fourth-order valence-electron chi connectivity index (χ4n) is 2.55. The number of nitrogens with zero attached hydrogens (tertiary/aromatic N) is 1. The molecule has 1 aliphatic rings. The van der Waals surface area contributed by atoms with Gasteiger partial charge in [0.1, 0.15) is 0 Å². The minimum atomic E-state index is 0.212. The quantitative estimate of drug-likeness (QED) is 0.836. The topological polar surface area (TPSA) is 35.5 Å². The molecule has 2 rings (SSSR count). The van der Waals surface area contributed by atoms with Gasteiger partial charge in [0.05, 0.1) is 6.61 Å². The van der Waals surface area contributed by atoms with Gasteiger partial charge in [0.2, 0.25) is 0 Å². The molecule has 0 radical (unpaired) electrons. The van der Waals surface area contributed by atoms with E-state index in [1.54, 1.807) is 0 Å². The van der Waals surface area contributed by atoms with Gasteiger partial charge in [0.25, 0.3) is 0 Å². The van der Waals surface area contributed by atoms with Gasteiger partial charge in [-0.3, -0.25) is 0 Å². The Morgan fingerprint density at radius 3 is 3.00 bits per heavy atom. The second kappa shape index (κ2) is 6.21. The molecule has 0 amide bonds. The summed E-state index contributed by atoms with van der Waals surface area (Å²) in [5, 5.41) is 12.6. The van der Waals surface area contributed by atoms with E-state index in [-0.39, 0.29) is 12.6 Å². The van der Waals surface area contributed by atoms with Gasteiger partial charge in [-0.25, -0.2) is 0 Å². The van der Waals surface area contributed by atoms with Crippen LogP contribution in [-0.4, -0.2) is 31.3 Å². The normalized spacial score (nSPS) is 16.5. The molecule has 1 aromatic carbocycles. The minimum Gasteiger partial charge on any atom is -0.395 e. The third-order valence-corrected chi connectivity index (χ3v) is 3.80. The highest BCUT2D eigenvalue weighted by Gasteiger charge is 2.13. The second-order valence-corrected chi connectivity index (χ2v) is 5.16. The molecule has 2 N–H and O–H groups in total. The van der Waals surface area contributed by atoms with E-state index in [9.17, 15) is 0 Å². The van der Waals surface area contributed by atoms with Crippen LogP contribution in [0.25, 0.3) is 0 Å². The molecule has 0 unspecified atom stereocenters. The Hall–Kier alpha value is -1.06. The average molecular weight is 248 g/mol. The van der Waals surface area contributed by atoms with E-state index in [0.717, 1.165) is 19.5 Å². The Labute approximate surface area is 110 Å². The van der Waals surface area contributed by atoms with E-state index >= 15 is 0 Å². The molecule has 0 saturated carbocycles. The Bertz CT molecular complexity index is 388. The standard InChI is InChI=1S/C15H24N2O/c1-3-14(11-18)16-10-12-6-7-15-13(9-12)5-4-8-17(15)2/h6-7,9,14,16,18H,3-5,8,10-11H2,1-2H3/t14-/m0/s1. The predicted octanol–water partition coefficient (Wildman–Crippen LogP) is 1.93. The molecule has 1 atom stereocenters. The SMILES string of the molecule is CC[C@@H](CO)NCc1ccc2c(c1)CCCN2C. The number of nitrogens with one attached hydrogen (secondary N) is 1. The van der Waals surface area contributed by atoms with Crippen molar-refractivity contribution >= 4 is 5.69 Å². The fraction of sp³-hybridized carbons (Fsp3) is 0.600. The summed E-state index contributed by atoms with van der Waals surface area (Å²) in [7, 11) is 2.16. The molecule has 1 heterocycles. The molecule has 100 valence electrons. The minimum absolute atomic E-state index is 0.212. The summed E-state index contributed by atoms with van der Waals surface area (Å²) < 4.78 is 0. The summed E-state index contributed by atoms with van der Waals surface area (Å²) in [5.74, 6) is 0. The molecule has 18 heavy (non-hydrogen) atoms. The van der Waals surface area contributed by atoms with Crippen molar-refractivity contribution in [2.45, 2.75) is 38.8 Å². The monoisotopic (exact) mass is 248 g/mol. The van der Waals surface area contributed by atoms with Crippen LogP contribution in [0, 0.1) is 0 Å². The van der Waals surface area contributed by atoms with Crippen LogP contribution >= 0.6 is 0 Å². The van der Waals surface area contributed by atoms with Gasteiger partial charge < -0.3 is 15.3 Å². The largest absolute Gasteiger partial charge is 0.395 e. The van der Waals surface area contributed by atoms with Gasteiger partial charge in [0, 0.05) is 31.9 Å². The van der Waals surface area contributed by atoms with Crippen molar-refractivity contribution in [3.63, 3.8) is 0 Å². The van der Waals surface area contributed by atoms with Crippen LogP contribution in [0.1, 0.15) is 30.9 Å². The zero-order chi connectivity index (χ0) is 13.0. The van der Waals surface area contributed by atoms with Crippen LogP contribution in [0.3, 0.4) is 0 Å². The zero-order valence-electron chi connectivity index (χ0n) is 11.4. The Morgan fingerprint density at radius 1 is 1.44 bits per heavy atom. The molecule has 0 spiro atoms. The third kappa shape index (κ3) is 3.03. The summed E-state index contributed by atoms with van der Waals surface area (Å²) in [5.41, 5.74) is 4.15. The smallest absolute Gasteiger partial charge is 0.0584 e. The molecule has 3 heteroatoms. The number of rotatable bonds is 5. The summed E-state index contributed by atoms with van der Waals surface area (Å²) in [6, 6.07) is 6.94. The van der Waals surface area contributed by atoms with Crippen LogP contribution in [0.4, 0.5) is 5.69 Å². The number of hydrogen-bond donors (Lipinski definition) is 2. The highest BCUT2D eigenvalue weighted by molar-refractivity contribution is 5.56. The summed E-state index contributed by atoms with van der Waals surface area (Å²) in [4.78, 5) is 2.33. The van der Waals surface area contributed by atoms with Crippen LogP contribution in [0.5, 0.6) is 0 Å². The van der Waals surface area contributed by atoms with Crippen LogP contribution in [-0.2, 0) is 13.0 Å². The van der Waals surface area contributed by atoms with Crippen molar-refractivity contribution in [3.8, 4) is 0 Å². The number of hydrogen-bond acceptors (Lipinski definition) is 3. The van der Waals surface area contributed by atoms with E-state index in [1.807, 2.05) is 0 Å². The van der Waals surface area contributed by atoms with Gasteiger partial charge in [-0.15, -0.1) is 0 Å². The number of aliphatic hydroxyl groups excluding tert-OH is 1. The highest BCUT2D eigenvalue weighted by atomic mass is 16.3. The molecule has 0 aromatic heterocycles. The Morgan fingerprint density at radius 2 is 2.28 bits per heavy atom. The van der Waals surface area contributed by atoms with Gasteiger partial charge in [-0.05, 0) is 36.5 Å². The summed E-state index contributed by atoms with van der Waals surface area (Å²) in [6.07, 6.45) is 3.39. The maximum Gasteiger partial charge on any atom is 0.0584 e. The van der Waals surface area contributed by atoms with E-state index in [4.69, 9.17) is 5.11 Å². The van der Waals surface area contributed by atoms with E-state index < -0.39 is 0 Å². The molecule has 1 aromatic rings. The first-order valence-electron chi connectivity index (χ1n) is 6.91. The first-order chi connectivity index (χ1) is 8.74. The van der Waals surface area contributed by atoms with E-state index in [2.05, 4.69) is 42.4 Å². The van der Waals surface area contributed by atoms with E-state index in [0.29, 0.717) is 0 Å². The molecule has 0 bridgehead atoms. The van der Waals surface area contributed by atoms with Crippen molar-refractivity contribution < 1.29 is 5.11 Å². The van der Waals surface area contributed by atoms with Gasteiger partial charge in [-0.2, -0.15) is 0 Å². The third-order valence-electron chi connectivity index (χ3n) is 3.80. The molecule has 3 nitrogen and oxygen atoms in total. The molecule has 0 fully saturated rings. The van der Waals surface area contributed by atoms with Crippen molar-refractivity contribution in [3.05, 3.63) is 29.3 Å². The number of fused-ring (bicyclic) bond motifs is 1. The number of benzene rings is 1. The predicted molar refractivity (Wildman–Crippen MR) is 76.0 cm³/mol. The molecular formula is C15H24N2O. The number of anilines is 1. The second-order valence-electron chi connectivity index (χ2n) is 5.16. The number of aliphatic hydroxyl groups is 1. The van der Waals surface area contributed by atoms with Crippen molar-refractivity contribution in [1.82, 2.24) is 5.32 Å². The fourth-order valence-corrected chi connectivity index (χ4v) is 2.55. The summed E-state index contributed by atoms with van der Waals surface area (Å²) in [6.45, 7) is 4.31. The molecular weight excluding hydrogens is 224 g/mol. The van der Waals surface area contributed by atoms with Crippen molar-refractivity contribution in [2.75, 3.05) is 25.1 Å². The van der Waals surface area contributed by atoms with Gasteiger partial charge >= 0.3 is 0 Å². The number of aryl methyl sites for hydroxylation is 1. The lowest BCUT2D eigenvalue weighted by Gasteiger charge is -2.28. The first-order valence-corrected chi connectivity index (χ1v) is 6.91. The van der Waals surface area contributed by atoms with Crippen molar-refractivity contribution in [1.29, 1.82) is 0 Å². The highest BCUT2D eigenvalue weighted by Crippen LogP contribution is 2.26. The van der Waals surface area contributed by atoms with E-state index in [1.165, 1.54) is 29.7 Å². The van der Waals surface area contributed by atoms with Crippen LogP contribution in [0.2, 0.25) is 0 Å². The van der Waals surface area contributed by atoms with Gasteiger partial charge in [-0.1, -0.05) is 19.1 Å². The lowest BCUT2D eigenvalue weighted by atomic mass is 9.99. The lowest BCUT2D eigenvalue weighted by molar-refractivity contribution is 0.238. The van der Waals surface area contributed by atoms with Crippen molar-refractivity contribution in [2.24, 2.45) is 0 Å². The summed E-state index contributed by atoms with van der Waals surface area (Å²) >= 11 is 0. The molecule has 1 aliphatic heterocycles. The Kier molecular flexibility index (Phi) is 4.61. The maximum absolute atomic E-state index is 9.16. The van der Waals surface area contributed by atoms with Gasteiger partial charge in [0.15, 0.2) is 0 Å². The van der Waals surface area contributed by atoms with Crippen LogP contribution < -0.4 is 10.2 Å². The zero-order valence-corrected chi connectivity index (χ0v) is 11.4. The molecule has 0 aliphatic carbocycles. The maximum atomic E-state index is 9.16. The average Bonchev–Trinajstić information content (AvgIpc) is 2.40. The first kappa shape index (κ1) is 13.4.